The van der Waals surface area contributed by atoms with Crippen LogP contribution < -0.4 is 0 Å². The van der Waals surface area contributed by atoms with Crippen molar-refractivity contribution < 1.29 is 8.78 Å². The van der Waals surface area contributed by atoms with E-state index >= 15 is 0 Å². The van der Waals surface area contributed by atoms with E-state index in [0.29, 0.717) is 5.56 Å². The van der Waals surface area contributed by atoms with Gasteiger partial charge in [0.2, 0.25) is 0 Å². The highest BCUT2D eigenvalue weighted by Gasteiger charge is 2.04. The second kappa shape index (κ2) is 3.22. The van der Waals surface area contributed by atoms with E-state index in [1.807, 2.05) is 0 Å². The fourth-order valence-electron chi connectivity index (χ4n) is 0.970. The molecule has 0 saturated heterocycles. The van der Waals surface area contributed by atoms with Crippen molar-refractivity contribution in [1.29, 1.82) is 0 Å². The lowest BCUT2D eigenvalue weighted by molar-refractivity contribution is 0.509. The first kappa shape index (κ1) is 8.31. The van der Waals surface area contributed by atoms with Crippen LogP contribution in [0, 0.1) is 17.1 Å². The molecule has 2 aromatic rings. The van der Waals surface area contributed by atoms with Crippen LogP contribution in [0.15, 0.2) is 24.4 Å². The highest BCUT2D eigenvalue weighted by molar-refractivity contribution is 7.12. The molecule has 1 aromatic heterocycles. The van der Waals surface area contributed by atoms with Crippen LogP contribution in [0.4, 0.5) is 8.78 Å². The fourth-order valence-corrected chi connectivity index (χ4v) is 1.52. The largest absolute Gasteiger partial charge is 0.241 e. The summed E-state index contributed by atoms with van der Waals surface area (Å²) >= 11 is 1.27. The van der Waals surface area contributed by atoms with Crippen LogP contribution in [-0.2, 0) is 0 Å². The summed E-state index contributed by atoms with van der Waals surface area (Å²) in [5.74, 6) is -1.68. The first-order chi connectivity index (χ1) is 6.27. The molecule has 0 spiro atoms. The van der Waals surface area contributed by atoms with E-state index in [1.54, 1.807) is 6.20 Å². The second-order valence-electron chi connectivity index (χ2n) is 2.44. The van der Waals surface area contributed by atoms with E-state index in [2.05, 4.69) is 10.5 Å². The third kappa shape index (κ3) is 1.58. The summed E-state index contributed by atoms with van der Waals surface area (Å²) in [6.07, 6.45) is 1.57. The van der Waals surface area contributed by atoms with Gasteiger partial charge in [0.25, 0.3) is 0 Å². The molecule has 0 N–H and O–H groups in total. The molecule has 1 radical (unpaired) electrons. The van der Waals surface area contributed by atoms with Crippen molar-refractivity contribution in [2.45, 2.75) is 0 Å². The minimum absolute atomic E-state index is 0.623. The van der Waals surface area contributed by atoms with Crippen LogP contribution in [-0.4, -0.2) is 4.98 Å². The molecule has 1 aromatic carbocycles. The summed E-state index contributed by atoms with van der Waals surface area (Å²) < 4.78 is 25.3. The maximum Gasteiger partial charge on any atom is 0.159 e. The van der Waals surface area contributed by atoms with E-state index < -0.39 is 11.6 Å². The Morgan fingerprint density at radius 2 is 2.08 bits per heavy atom. The quantitative estimate of drug-likeness (QED) is 0.683. The summed E-state index contributed by atoms with van der Waals surface area (Å²) in [6.45, 7) is 0. The number of nitrogens with zero attached hydrogens (tertiary/aromatic N) is 1. The molecule has 0 fully saturated rings. The molecule has 65 valence electrons. The summed E-state index contributed by atoms with van der Waals surface area (Å²) in [5, 5.41) is 0. The van der Waals surface area contributed by atoms with Crippen molar-refractivity contribution in [2.24, 2.45) is 0 Å². The average Bonchev–Trinajstić information content (AvgIpc) is 2.62. The Labute approximate surface area is 77.7 Å². The molecule has 4 heteroatoms. The van der Waals surface area contributed by atoms with E-state index in [0.717, 1.165) is 17.0 Å². The first-order valence-electron chi connectivity index (χ1n) is 3.54. The molecular weight excluding hydrogens is 192 g/mol. The van der Waals surface area contributed by atoms with E-state index in [9.17, 15) is 8.78 Å². The van der Waals surface area contributed by atoms with Gasteiger partial charge in [-0.2, -0.15) is 0 Å². The average molecular weight is 196 g/mol. The standard InChI is InChI=1S/C9H4F2NS/c10-7-2-1-6(3-8(7)11)9-4-12-5-13-9/h1-4H. The van der Waals surface area contributed by atoms with Gasteiger partial charge in [0, 0.05) is 6.20 Å². The van der Waals surface area contributed by atoms with Crippen LogP contribution in [0.2, 0.25) is 0 Å². The van der Waals surface area contributed by atoms with Gasteiger partial charge in [-0.15, -0.1) is 11.3 Å². The SMILES string of the molecule is Fc1ccc(-c2cn[c]s2)cc1F. The number of hydrogen-bond acceptors (Lipinski definition) is 2. The summed E-state index contributed by atoms with van der Waals surface area (Å²) in [6, 6.07) is 3.76. The molecule has 2 rings (SSSR count). The third-order valence-electron chi connectivity index (χ3n) is 1.59. The van der Waals surface area contributed by atoms with Gasteiger partial charge in [0.1, 0.15) is 0 Å². The van der Waals surface area contributed by atoms with Gasteiger partial charge in [-0.3, -0.25) is 0 Å². The number of halogens is 2. The van der Waals surface area contributed by atoms with Crippen LogP contribution >= 0.6 is 11.3 Å². The van der Waals surface area contributed by atoms with Crippen LogP contribution in [0.3, 0.4) is 0 Å². The first-order valence-corrected chi connectivity index (χ1v) is 4.36. The van der Waals surface area contributed by atoms with Gasteiger partial charge >= 0.3 is 0 Å². The lowest BCUT2D eigenvalue weighted by Crippen LogP contribution is -1.83. The molecule has 0 unspecified atom stereocenters. The summed E-state index contributed by atoms with van der Waals surface area (Å²) in [5.41, 5.74) is 3.26. The van der Waals surface area contributed by atoms with Gasteiger partial charge in [-0.25, -0.2) is 13.8 Å². The number of aromatic nitrogens is 1. The molecule has 1 nitrogen and oxygen atoms in total. The van der Waals surface area contributed by atoms with Crippen molar-refractivity contribution in [3.63, 3.8) is 0 Å². The Hall–Kier alpha value is -1.29. The van der Waals surface area contributed by atoms with Crippen molar-refractivity contribution in [2.75, 3.05) is 0 Å². The van der Waals surface area contributed by atoms with Crippen molar-refractivity contribution in [3.05, 3.63) is 41.5 Å². The minimum atomic E-state index is -0.842. The highest BCUT2D eigenvalue weighted by atomic mass is 32.1. The Kier molecular flexibility index (Phi) is 2.06. The van der Waals surface area contributed by atoms with Gasteiger partial charge in [-0.05, 0) is 17.7 Å². The number of hydrogen-bond donors (Lipinski definition) is 0. The molecular formula is C9H4F2NS. The van der Waals surface area contributed by atoms with E-state index in [4.69, 9.17) is 0 Å². The fraction of sp³-hybridized carbons (Fsp3) is 0. The maximum atomic E-state index is 12.8. The molecule has 1 heterocycles. The Morgan fingerprint density at radius 3 is 2.69 bits per heavy atom. The van der Waals surface area contributed by atoms with Crippen molar-refractivity contribution in [1.82, 2.24) is 4.98 Å². The monoisotopic (exact) mass is 196 g/mol. The Balaban J connectivity index is 2.49. The zero-order valence-electron chi connectivity index (χ0n) is 6.42. The topological polar surface area (TPSA) is 12.9 Å². The summed E-state index contributed by atoms with van der Waals surface area (Å²) in [7, 11) is 0. The zero-order valence-corrected chi connectivity index (χ0v) is 7.24. The molecule has 0 aliphatic rings. The molecule has 13 heavy (non-hydrogen) atoms. The molecule has 0 aliphatic heterocycles. The van der Waals surface area contributed by atoms with E-state index in [1.165, 1.54) is 17.4 Å². The molecule has 0 atom stereocenters. The normalized spacial score (nSPS) is 10.3. The lowest BCUT2D eigenvalue weighted by atomic mass is 10.2. The lowest BCUT2D eigenvalue weighted by Gasteiger charge is -1.96. The minimum Gasteiger partial charge on any atom is -0.241 e. The second-order valence-corrected chi connectivity index (χ2v) is 3.27. The van der Waals surface area contributed by atoms with Gasteiger partial charge < -0.3 is 0 Å². The van der Waals surface area contributed by atoms with Crippen LogP contribution in [0.25, 0.3) is 10.4 Å². The predicted octanol–water partition coefficient (Wildman–Crippen LogP) is 2.89. The predicted molar refractivity (Wildman–Crippen MR) is 46.3 cm³/mol. The molecule has 0 amide bonds. The Morgan fingerprint density at radius 1 is 1.23 bits per heavy atom. The number of thiazole rings is 1. The molecule has 0 bridgehead atoms. The third-order valence-corrected chi connectivity index (χ3v) is 2.35. The number of benzene rings is 1. The van der Waals surface area contributed by atoms with Gasteiger partial charge in [-0.1, -0.05) is 6.07 Å². The molecule has 0 aliphatic carbocycles. The van der Waals surface area contributed by atoms with Crippen molar-refractivity contribution in [3.8, 4) is 10.4 Å². The smallest absolute Gasteiger partial charge is 0.159 e. The maximum absolute atomic E-state index is 12.8. The van der Waals surface area contributed by atoms with Gasteiger partial charge in [0.05, 0.1) is 4.88 Å². The van der Waals surface area contributed by atoms with Crippen LogP contribution in [0.5, 0.6) is 0 Å². The van der Waals surface area contributed by atoms with Gasteiger partial charge in [0.15, 0.2) is 17.1 Å². The molecule has 0 saturated carbocycles. The number of rotatable bonds is 1. The summed E-state index contributed by atoms with van der Waals surface area (Å²) in [4.78, 5) is 4.50. The van der Waals surface area contributed by atoms with Crippen LogP contribution in [0.1, 0.15) is 0 Å². The van der Waals surface area contributed by atoms with E-state index in [-0.39, 0.29) is 0 Å². The Bertz CT molecular complexity index is 412. The van der Waals surface area contributed by atoms with Crippen molar-refractivity contribution >= 4 is 11.3 Å². The highest BCUT2D eigenvalue weighted by Crippen LogP contribution is 2.24. The zero-order chi connectivity index (χ0) is 9.26.